The molecule has 2 aliphatic rings. The van der Waals surface area contributed by atoms with Gasteiger partial charge in [0, 0.05) is 0 Å². The summed E-state index contributed by atoms with van der Waals surface area (Å²) in [6.07, 6.45) is 1.25. The average molecular weight is 140 g/mol. The lowest BCUT2D eigenvalue weighted by Gasteiger charge is -2.16. The largest absolute Gasteiger partial charge is 0.462 e. The van der Waals surface area contributed by atoms with Gasteiger partial charge in [-0.15, -0.1) is 0 Å². The quantitative estimate of drug-likeness (QED) is 0.473. The van der Waals surface area contributed by atoms with Gasteiger partial charge in [-0.25, -0.2) is 0 Å². The number of cyclic esters (lactones) is 1. The third-order valence-electron chi connectivity index (χ3n) is 2.76. The van der Waals surface area contributed by atoms with E-state index in [0.29, 0.717) is 11.8 Å². The summed E-state index contributed by atoms with van der Waals surface area (Å²) in [6, 6.07) is 0. The van der Waals surface area contributed by atoms with Gasteiger partial charge in [0.2, 0.25) is 0 Å². The van der Waals surface area contributed by atoms with Gasteiger partial charge in [0.15, 0.2) is 0 Å². The summed E-state index contributed by atoms with van der Waals surface area (Å²) in [7, 11) is 0. The van der Waals surface area contributed by atoms with Crippen molar-refractivity contribution in [1.29, 1.82) is 0 Å². The Morgan fingerprint density at radius 2 is 2.20 bits per heavy atom. The fourth-order valence-corrected chi connectivity index (χ4v) is 2.00. The molecule has 0 aromatic carbocycles. The van der Waals surface area contributed by atoms with Crippen molar-refractivity contribution in [2.45, 2.75) is 26.4 Å². The molecule has 1 aliphatic carbocycles. The van der Waals surface area contributed by atoms with Crippen molar-refractivity contribution in [3.63, 3.8) is 0 Å². The van der Waals surface area contributed by atoms with Gasteiger partial charge < -0.3 is 4.74 Å². The third kappa shape index (κ3) is 0.678. The summed E-state index contributed by atoms with van der Waals surface area (Å²) in [4.78, 5) is 11.0. The minimum atomic E-state index is 0.0382. The maximum absolute atomic E-state index is 11.0. The molecule has 4 atom stereocenters. The van der Waals surface area contributed by atoms with E-state index >= 15 is 0 Å². The zero-order chi connectivity index (χ0) is 7.30. The lowest BCUT2D eigenvalue weighted by atomic mass is 10.1. The second kappa shape index (κ2) is 1.74. The van der Waals surface area contributed by atoms with Crippen molar-refractivity contribution < 1.29 is 9.53 Å². The molecular formula is C8H12O2. The minimum Gasteiger partial charge on any atom is -0.462 e. The summed E-state index contributed by atoms with van der Waals surface area (Å²) in [5.74, 6) is 1.54. The smallest absolute Gasteiger partial charge is 0.309 e. The molecule has 0 spiro atoms. The van der Waals surface area contributed by atoms with Crippen LogP contribution in [-0.4, -0.2) is 12.1 Å². The molecule has 2 rings (SSSR count). The summed E-state index contributed by atoms with van der Waals surface area (Å²) in [6.45, 7) is 4.10. The first-order valence-electron chi connectivity index (χ1n) is 3.90. The standard InChI is InChI=1S/C8H12O2/c1-4-3-6-5(2)7(6)8(9)10-4/h4-7H,3H2,1-2H3. The van der Waals surface area contributed by atoms with Crippen LogP contribution >= 0.6 is 0 Å². The molecule has 1 aliphatic heterocycles. The van der Waals surface area contributed by atoms with Crippen molar-refractivity contribution in [1.82, 2.24) is 0 Å². The highest BCUT2D eigenvalue weighted by atomic mass is 16.5. The lowest BCUT2D eigenvalue weighted by Crippen LogP contribution is -2.22. The number of hydrogen-bond acceptors (Lipinski definition) is 2. The van der Waals surface area contributed by atoms with E-state index < -0.39 is 0 Å². The van der Waals surface area contributed by atoms with E-state index in [2.05, 4.69) is 6.92 Å². The molecule has 0 amide bonds. The average Bonchev–Trinajstić information content (AvgIpc) is 2.42. The van der Waals surface area contributed by atoms with Crippen molar-refractivity contribution >= 4 is 5.97 Å². The number of rotatable bonds is 0. The summed E-state index contributed by atoms with van der Waals surface area (Å²) >= 11 is 0. The predicted octanol–water partition coefficient (Wildman–Crippen LogP) is 1.20. The molecule has 0 bridgehead atoms. The maximum Gasteiger partial charge on any atom is 0.309 e. The zero-order valence-electron chi connectivity index (χ0n) is 6.33. The first-order chi connectivity index (χ1) is 4.70. The summed E-state index contributed by atoms with van der Waals surface area (Å²) < 4.78 is 5.07. The number of esters is 1. The van der Waals surface area contributed by atoms with Crippen LogP contribution in [0.1, 0.15) is 20.3 Å². The molecule has 1 saturated heterocycles. The van der Waals surface area contributed by atoms with Gasteiger partial charge in [0.1, 0.15) is 0 Å². The highest BCUT2D eigenvalue weighted by Gasteiger charge is 2.56. The highest BCUT2D eigenvalue weighted by molar-refractivity contribution is 5.77. The summed E-state index contributed by atoms with van der Waals surface area (Å²) in [5, 5.41) is 0. The maximum atomic E-state index is 11.0. The van der Waals surface area contributed by atoms with Gasteiger partial charge in [0.25, 0.3) is 0 Å². The van der Waals surface area contributed by atoms with Crippen LogP contribution in [0.15, 0.2) is 0 Å². The number of fused-ring (bicyclic) bond motifs is 1. The Hall–Kier alpha value is -0.530. The first-order valence-corrected chi connectivity index (χ1v) is 3.90. The molecule has 1 saturated carbocycles. The Kier molecular flexibility index (Phi) is 1.08. The fourth-order valence-electron chi connectivity index (χ4n) is 2.00. The van der Waals surface area contributed by atoms with Crippen LogP contribution in [0.25, 0.3) is 0 Å². The topological polar surface area (TPSA) is 26.3 Å². The van der Waals surface area contributed by atoms with E-state index in [1.807, 2.05) is 6.92 Å². The molecule has 4 unspecified atom stereocenters. The lowest BCUT2D eigenvalue weighted by molar-refractivity contribution is -0.154. The molecule has 1 heterocycles. The summed E-state index contributed by atoms with van der Waals surface area (Å²) in [5.41, 5.74) is 0. The van der Waals surface area contributed by atoms with E-state index in [9.17, 15) is 4.79 Å². The normalized spacial score (nSPS) is 51.6. The zero-order valence-corrected chi connectivity index (χ0v) is 6.33. The van der Waals surface area contributed by atoms with Crippen molar-refractivity contribution in [3.05, 3.63) is 0 Å². The van der Waals surface area contributed by atoms with E-state index in [1.54, 1.807) is 0 Å². The highest BCUT2D eigenvalue weighted by Crippen LogP contribution is 2.52. The molecule has 0 N–H and O–H groups in total. The molecule has 0 radical (unpaired) electrons. The molecule has 2 heteroatoms. The molecule has 56 valence electrons. The number of carbonyl (C=O) groups is 1. The number of ether oxygens (including phenoxy) is 1. The first kappa shape index (κ1) is 6.20. The second-order valence-corrected chi connectivity index (χ2v) is 3.53. The molecule has 2 nitrogen and oxygen atoms in total. The van der Waals surface area contributed by atoms with Crippen LogP contribution in [0.3, 0.4) is 0 Å². The minimum absolute atomic E-state index is 0.0382. The van der Waals surface area contributed by atoms with Gasteiger partial charge in [-0.1, -0.05) is 6.92 Å². The molecule has 0 aromatic heterocycles. The Balaban J connectivity index is 2.09. The van der Waals surface area contributed by atoms with Gasteiger partial charge in [-0.05, 0) is 25.2 Å². The van der Waals surface area contributed by atoms with Gasteiger partial charge >= 0.3 is 5.97 Å². The number of carbonyl (C=O) groups excluding carboxylic acids is 1. The van der Waals surface area contributed by atoms with Crippen LogP contribution in [-0.2, 0) is 9.53 Å². The van der Waals surface area contributed by atoms with Gasteiger partial charge in [-0.2, -0.15) is 0 Å². The molecular weight excluding hydrogens is 128 g/mol. The molecule has 2 fully saturated rings. The van der Waals surface area contributed by atoms with Crippen molar-refractivity contribution in [3.8, 4) is 0 Å². The van der Waals surface area contributed by atoms with Crippen molar-refractivity contribution in [2.24, 2.45) is 17.8 Å². The Labute approximate surface area is 60.6 Å². The van der Waals surface area contributed by atoms with Crippen LogP contribution in [0.4, 0.5) is 0 Å². The van der Waals surface area contributed by atoms with Crippen LogP contribution in [0, 0.1) is 17.8 Å². The van der Waals surface area contributed by atoms with Crippen molar-refractivity contribution in [2.75, 3.05) is 0 Å². The fraction of sp³-hybridized carbons (Fsp3) is 0.875. The predicted molar refractivity (Wildman–Crippen MR) is 36.3 cm³/mol. The van der Waals surface area contributed by atoms with Crippen LogP contribution in [0.5, 0.6) is 0 Å². The van der Waals surface area contributed by atoms with Crippen LogP contribution < -0.4 is 0 Å². The Morgan fingerprint density at radius 3 is 2.80 bits per heavy atom. The molecule has 0 aromatic rings. The van der Waals surface area contributed by atoms with E-state index in [4.69, 9.17) is 4.74 Å². The molecule has 10 heavy (non-hydrogen) atoms. The third-order valence-corrected chi connectivity index (χ3v) is 2.76. The van der Waals surface area contributed by atoms with E-state index in [0.717, 1.165) is 6.42 Å². The number of hydrogen-bond donors (Lipinski definition) is 0. The van der Waals surface area contributed by atoms with Gasteiger partial charge in [0.05, 0.1) is 12.0 Å². The van der Waals surface area contributed by atoms with E-state index in [-0.39, 0.29) is 18.0 Å². The Morgan fingerprint density at radius 1 is 1.50 bits per heavy atom. The van der Waals surface area contributed by atoms with Gasteiger partial charge in [-0.3, -0.25) is 4.79 Å². The Bertz CT molecular complexity index is 176. The van der Waals surface area contributed by atoms with Crippen LogP contribution in [0.2, 0.25) is 0 Å². The van der Waals surface area contributed by atoms with E-state index in [1.165, 1.54) is 0 Å². The SMILES string of the molecule is CC1CC2C(C)C2C(=O)O1. The monoisotopic (exact) mass is 140 g/mol. The second-order valence-electron chi connectivity index (χ2n) is 3.53.